The van der Waals surface area contributed by atoms with Gasteiger partial charge in [-0.25, -0.2) is 23.4 Å². The smallest absolute Gasteiger partial charge is 0.214 e. The lowest BCUT2D eigenvalue weighted by molar-refractivity contribution is 0.511. The second kappa shape index (κ2) is 6.75. The van der Waals surface area contributed by atoms with Gasteiger partial charge >= 0.3 is 0 Å². The molecule has 0 atom stereocenters. The molecule has 4 aromatic rings. The van der Waals surface area contributed by atoms with Crippen LogP contribution in [-0.2, 0) is 6.54 Å². The predicted octanol–water partition coefficient (Wildman–Crippen LogP) is 3.81. The molecule has 0 spiro atoms. The van der Waals surface area contributed by atoms with Gasteiger partial charge in [0.2, 0.25) is 5.89 Å². The van der Waals surface area contributed by atoms with Crippen LogP contribution in [0.15, 0.2) is 65.5 Å². The van der Waals surface area contributed by atoms with E-state index in [0.29, 0.717) is 23.0 Å². The van der Waals surface area contributed by atoms with Gasteiger partial charge < -0.3 is 9.73 Å². The number of hydrogen-bond acceptors (Lipinski definition) is 5. The zero-order valence-corrected chi connectivity index (χ0v) is 13.4. The highest BCUT2D eigenvalue weighted by atomic mass is 19.1. The molecule has 0 fully saturated rings. The number of hydrogen-bond donors (Lipinski definition) is 1. The molecule has 0 aliphatic heterocycles. The minimum Gasteiger partial charge on any atom is -0.439 e. The first-order valence-corrected chi connectivity index (χ1v) is 7.81. The molecular formula is C18H13F2N5O. The van der Waals surface area contributed by atoms with Gasteiger partial charge in [-0.3, -0.25) is 0 Å². The maximum Gasteiger partial charge on any atom is 0.214 e. The summed E-state index contributed by atoms with van der Waals surface area (Å²) >= 11 is 0. The van der Waals surface area contributed by atoms with Gasteiger partial charge in [0.05, 0.1) is 18.3 Å². The van der Waals surface area contributed by atoms with Crippen LogP contribution in [0.2, 0.25) is 0 Å². The maximum absolute atomic E-state index is 13.8. The molecule has 0 aliphatic rings. The van der Waals surface area contributed by atoms with E-state index in [4.69, 9.17) is 4.42 Å². The molecule has 3 aromatic heterocycles. The third-order valence-electron chi connectivity index (χ3n) is 3.66. The SMILES string of the molecule is Fc1ccccc1-c1cnc(CNc2ccn(-c3ncccc3F)n2)o1. The molecule has 1 N–H and O–H groups in total. The van der Waals surface area contributed by atoms with E-state index in [1.165, 1.54) is 35.3 Å². The number of nitrogens with zero attached hydrogens (tertiary/aromatic N) is 4. The molecule has 0 amide bonds. The summed E-state index contributed by atoms with van der Waals surface area (Å²) < 4.78 is 34.4. The van der Waals surface area contributed by atoms with Crippen molar-refractivity contribution >= 4 is 5.82 Å². The van der Waals surface area contributed by atoms with E-state index in [-0.39, 0.29) is 18.2 Å². The van der Waals surface area contributed by atoms with Crippen molar-refractivity contribution in [2.75, 3.05) is 5.32 Å². The maximum atomic E-state index is 13.8. The molecule has 26 heavy (non-hydrogen) atoms. The predicted molar refractivity (Wildman–Crippen MR) is 90.5 cm³/mol. The second-order valence-electron chi connectivity index (χ2n) is 5.41. The molecule has 0 aliphatic carbocycles. The summed E-state index contributed by atoms with van der Waals surface area (Å²) in [5, 5.41) is 7.23. The summed E-state index contributed by atoms with van der Waals surface area (Å²) in [6, 6.07) is 10.8. The van der Waals surface area contributed by atoms with E-state index in [0.717, 1.165) is 0 Å². The monoisotopic (exact) mass is 353 g/mol. The first-order chi connectivity index (χ1) is 12.7. The molecule has 130 valence electrons. The zero-order valence-electron chi connectivity index (χ0n) is 13.4. The van der Waals surface area contributed by atoms with Gasteiger partial charge in [-0.2, -0.15) is 0 Å². The quantitative estimate of drug-likeness (QED) is 0.591. The Morgan fingerprint density at radius 1 is 1.00 bits per heavy atom. The van der Waals surface area contributed by atoms with E-state index in [1.807, 2.05) is 0 Å². The molecule has 1 aromatic carbocycles. The topological polar surface area (TPSA) is 68.8 Å². The summed E-state index contributed by atoms with van der Waals surface area (Å²) in [7, 11) is 0. The first kappa shape index (κ1) is 15.9. The van der Waals surface area contributed by atoms with Gasteiger partial charge in [-0.1, -0.05) is 12.1 Å². The van der Waals surface area contributed by atoms with Crippen LogP contribution in [0, 0.1) is 11.6 Å². The Morgan fingerprint density at radius 2 is 1.85 bits per heavy atom. The molecule has 0 unspecified atom stereocenters. The number of anilines is 1. The van der Waals surface area contributed by atoms with Crippen molar-refractivity contribution in [3.05, 3.63) is 78.6 Å². The summed E-state index contributed by atoms with van der Waals surface area (Å²) in [5.41, 5.74) is 0.348. The van der Waals surface area contributed by atoms with Crippen LogP contribution in [0.3, 0.4) is 0 Å². The molecule has 0 bridgehead atoms. The molecule has 3 heterocycles. The van der Waals surface area contributed by atoms with Crippen LogP contribution >= 0.6 is 0 Å². The first-order valence-electron chi connectivity index (χ1n) is 7.81. The fourth-order valence-corrected chi connectivity index (χ4v) is 2.43. The minimum absolute atomic E-state index is 0.110. The minimum atomic E-state index is -0.468. The van der Waals surface area contributed by atoms with Crippen molar-refractivity contribution in [3.8, 4) is 17.1 Å². The largest absolute Gasteiger partial charge is 0.439 e. The van der Waals surface area contributed by atoms with Crippen molar-refractivity contribution in [1.29, 1.82) is 0 Å². The highest BCUT2D eigenvalue weighted by Gasteiger charge is 2.11. The van der Waals surface area contributed by atoms with Crippen LogP contribution in [0.25, 0.3) is 17.1 Å². The van der Waals surface area contributed by atoms with Gasteiger partial charge in [0, 0.05) is 18.5 Å². The molecular weight excluding hydrogens is 340 g/mol. The van der Waals surface area contributed by atoms with Crippen LogP contribution in [0.4, 0.5) is 14.6 Å². The van der Waals surface area contributed by atoms with Gasteiger partial charge in [0.25, 0.3) is 0 Å². The molecule has 0 saturated heterocycles. The third-order valence-corrected chi connectivity index (χ3v) is 3.66. The van der Waals surface area contributed by atoms with Crippen LogP contribution in [0.5, 0.6) is 0 Å². The average molecular weight is 353 g/mol. The Kier molecular flexibility index (Phi) is 4.14. The summed E-state index contributed by atoms with van der Waals surface area (Å²) in [6.07, 6.45) is 4.55. The molecule has 6 nitrogen and oxygen atoms in total. The number of aromatic nitrogens is 4. The summed E-state index contributed by atoms with van der Waals surface area (Å²) in [4.78, 5) is 8.08. The molecule has 0 radical (unpaired) electrons. The molecule has 4 rings (SSSR count). The summed E-state index contributed by atoms with van der Waals surface area (Å²) in [5.74, 6) is 0.491. The van der Waals surface area contributed by atoms with E-state index >= 15 is 0 Å². The van der Waals surface area contributed by atoms with Gasteiger partial charge in [0.1, 0.15) is 11.6 Å². The molecule has 0 saturated carbocycles. The number of halogens is 2. The van der Waals surface area contributed by atoms with Crippen LogP contribution < -0.4 is 5.32 Å². The average Bonchev–Trinajstić information content (AvgIpc) is 3.30. The summed E-state index contributed by atoms with van der Waals surface area (Å²) in [6.45, 7) is 0.246. The van der Waals surface area contributed by atoms with E-state index in [2.05, 4.69) is 20.4 Å². The normalized spacial score (nSPS) is 10.8. The fraction of sp³-hybridized carbons (Fsp3) is 0.0556. The lowest BCUT2D eigenvalue weighted by Crippen LogP contribution is -2.04. The van der Waals surface area contributed by atoms with Crippen LogP contribution in [0.1, 0.15) is 5.89 Å². The highest BCUT2D eigenvalue weighted by Crippen LogP contribution is 2.23. The Balaban J connectivity index is 1.46. The van der Waals surface area contributed by atoms with Crippen molar-refractivity contribution < 1.29 is 13.2 Å². The van der Waals surface area contributed by atoms with Crippen molar-refractivity contribution in [2.24, 2.45) is 0 Å². The van der Waals surface area contributed by atoms with Gasteiger partial charge in [-0.15, -0.1) is 5.10 Å². The van der Waals surface area contributed by atoms with Crippen molar-refractivity contribution in [2.45, 2.75) is 6.54 Å². The van der Waals surface area contributed by atoms with E-state index in [1.54, 1.807) is 30.5 Å². The zero-order chi connectivity index (χ0) is 17.9. The lowest BCUT2D eigenvalue weighted by Gasteiger charge is -2.02. The second-order valence-corrected chi connectivity index (χ2v) is 5.41. The Labute approximate surface area is 147 Å². The number of pyridine rings is 1. The lowest BCUT2D eigenvalue weighted by atomic mass is 10.2. The van der Waals surface area contributed by atoms with Crippen molar-refractivity contribution in [1.82, 2.24) is 19.7 Å². The number of rotatable bonds is 5. The Morgan fingerprint density at radius 3 is 2.69 bits per heavy atom. The Bertz CT molecular complexity index is 960. The third kappa shape index (κ3) is 3.16. The van der Waals surface area contributed by atoms with Crippen molar-refractivity contribution in [3.63, 3.8) is 0 Å². The van der Waals surface area contributed by atoms with E-state index < -0.39 is 5.82 Å². The number of benzene rings is 1. The van der Waals surface area contributed by atoms with Gasteiger partial charge in [-0.05, 0) is 24.3 Å². The van der Waals surface area contributed by atoms with Crippen LogP contribution in [-0.4, -0.2) is 19.7 Å². The Hall–Kier alpha value is -3.55. The number of nitrogens with one attached hydrogen (secondary N) is 1. The number of oxazole rings is 1. The highest BCUT2D eigenvalue weighted by molar-refractivity contribution is 5.56. The molecule has 8 heteroatoms. The standard InChI is InChI=1S/C18H13F2N5O/c19-13-5-2-1-4-12(13)15-10-23-17(26-15)11-22-16-7-9-25(24-16)18-14(20)6-3-8-21-18/h1-10H,11H2,(H,22,24). The fourth-order valence-electron chi connectivity index (χ4n) is 2.43. The van der Waals surface area contributed by atoms with E-state index in [9.17, 15) is 8.78 Å². The van der Waals surface area contributed by atoms with Gasteiger partial charge in [0.15, 0.2) is 17.4 Å².